The van der Waals surface area contributed by atoms with E-state index in [0.29, 0.717) is 17.8 Å². The Morgan fingerprint density at radius 1 is 1.29 bits per heavy atom. The molecule has 5 heteroatoms. The summed E-state index contributed by atoms with van der Waals surface area (Å²) in [5, 5.41) is 11.4. The van der Waals surface area contributed by atoms with Gasteiger partial charge in [0.1, 0.15) is 0 Å². The topological polar surface area (TPSA) is 57.1 Å². The lowest BCUT2D eigenvalue weighted by Crippen LogP contribution is -2.50. The van der Waals surface area contributed by atoms with Gasteiger partial charge >= 0.3 is 0 Å². The van der Waals surface area contributed by atoms with Gasteiger partial charge in [0.2, 0.25) is 0 Å². The lowest BCUT2D eigenvalue weighted by molar-refractivity contribution is -0.115. The zero-order valence-corrected chi connectivity index (χ0v) is 12.2. The summed E-state index contributed by atoms with van der Waals surface area (Å²) >= 11 is 0. The molecule has 110 valence electrons. The van der Waals surface area contributed by atoms with E-state index in [-0.39, 0.29) is 11.9 Å². The fraction of sp³-hybridized carbons (Fsp3) is 0.562. The molecule has 1 N–H and O–H groups in total. The van der Waals surface area contributed by atoms with Gasteiger partial charge in [-0.1, -0.05) is 18.2 Å². The van der Waals surface area contributed by atoms with Gasteiger partial charge in [-0.05, 0) is 32.7 Å². The zero-order valence-electron chi connectivity index (χ0n) is 12.2. The minimum Gasteiger partial charge on any atom is -0.348 e. The smallest absolute Gasteiger partial charge is 0.272 e. The highest BCUT2D eigenvalue weighted by Gasteiger charge is 2.39. The number of allylic oxidation sites excluding steroid dienone is 3. The van der Waals surface area contributed by atoms with E-state index in [1.807, 2.05) is 18.2 Å². The molecule has 2 bridgehead atoms. The number of hydrogen-bond acceptors (Lipinski definition) is 4. The first-order valence-corrected chi connectivity index (χ1v) is 7.77. The molecular weight excluding hydrogens is 264 g/mol. The van der Waals surface area contributed by atoms with Crippen LogP contribution in [0.15, 0.2) is 34.0 Å². The Balaban J connectivity index is 1.43. The molecule has 0 aromatic rings. The summed E-state index contributed by atoms with van der Waals surface area (Å²) in [7, 11) is 2.21. The number of rotatable bonds is 2. The van der Waals surface area contributed by atoms with Crippen molar-refractivity contribution < 1.29 is 4.79 Å². The van der Waals surface area contributed by atoms with Gasteiger partial charge in [-0.25, -0.2) is 0 Å². The normalized spacial score (nSPS) is 34.1. The van der Waals surface area contributed by atoms with Crippen LogP contribution in [0.25, 0.3) is 0 Å². The van der Waals surface area contributed by atoms with Crippen molar-refractivity contribution in [3.05, 3.63) is 23.8 Å². The molecule has 0 radical (unpaired) electrons. The summed E-state index contributed by atoms with van der Waals surface area (Å²) in [5.74, 6) is -0.0655. The maximum absolute atomic E-state index is 12.5. The van der Waals surface area contributed by atoms with Crippen molar-refractivity contribution in [3.63, 3.8) is 0 Å². The van der Waals surface area contributed by atoms with Crippen molar-refractivity contribution in [2.24, 2.45) is 10.2 Å². The minimum atomic E-state index is -0.0655. The van der Waals surface area contributed by atoms with Crippen LogP contribution in [-0.4, -0.2) is 47.4 Å². The zero-order chi connectivity index (χ0) is 14.4. The predicted molar refractivity (Wildman–Crippen MR) is 82.4 cm³/mol. The average molecular weight is 284 g/mol. The van der Waals surface area contributed by atoms with E-state index >= 15 is 0 Å². The van der Waals surface area contributed by atoms with Gasteiger partial charge in [0.25, 0.3) is 5.91 Å². The van der Waals surface area contributed by atoms with E-state index in [0.717, 1.165) is 30.5 Å². The Morgan fingerprint density at radius 3 is 2.81 bits per heavy atom. The summed E-state index contributed by atoms with van der Waals surface area (Å²) in [6, 6.07) is 1.53. The van der Waals surface area contributed by atoms with Gasteiger partial charge in [0.15, 0.2) is 5.71 Å². The highest BCUT2D eigenvalue weighted by molar-refractivity contribution is 6.53. The summed E-state index contributed by atoms with van der Waals surface area (Å²) < 4.78 is 0. The highest BCUT2D eigenvalue weighted by Crippen LogP contribution is 2.34. The Kier molecular flexibility index (Phi) is 3.03. The van der Waals surface area contributed by atoms with Crippen LogP contribution in [0.5, 0.6) is 0 Å². The summed E-state index contributed by atoms with van der Waals surface area (Å²) in [6.07, 6.45) is 11.3. The number of fused-ring (bicyclic) bond motifs is 3. The van der Waals surface area contributed by atoms with Crippen LogP contribution in [0.2, 0.25) is 0 Å². The average Bonchev–Trinajstić information content (AvgIpc) is 2.98. The molecule has 2 unspecified atom stereocenters. The number of hydrogen-bond donors (Lipinski definition) is 1. The van der Waals surface area contributed by atoms with Gasteiger partial charge in [0, 0.05) is 30.1 Å². The Labute approximate surface area is 124 Å². The van der Waals surface area contributed by atoms with Crippen LogP contribution in [0, 0.1) is 0 Å². The molecular formula is C16H20N4O. The van der Waals surface area contributed by atoms with Gasteiger partial charge < -0.3 is 10.2 Å². The maximum atomic E-state index is 12.5. The van der Waals surface area contributed by atoms with Crippen molar-refractivity contribution in [2.75, 3.05) is 7.05 Å². The van der Waals surface area contributed by atoms with Crippen LogP contribution in [-0.2, 0) is 4.79 Å². The maximum Gasteiger partial charge on any atom is 0.272 e. The van der Waals surface area contributed by atoms with E-state index in [1.165, 1.54) is 12.8 Å². The molecule has 21 heavy (non-hydrogen) atoms. The van der Waals surface area contributed by atoms with Gasteiger partial charge in [-0.2, -0.15) is 5.10 Å². The monoisotopic (exact) mass is 284 g/mol. The van der Waals surface area contributed by atoms with Gasteiger partial charge in [0.05, 0.1) is 5.71 Å². The molecule has 1 aliphatic carbocycles. The number of carbonyl (C=O) groups is 1. The van der Waals surface area contributed by atoms with E-state index in [2.05, 4.69) is 27.5 Å². The van der Waals surface area contributed by atoms with Crippen LogP contribution < -0.4 is 5.32 Å². The first-order chi connectivity index (χ1) is 10.2. The second-order valence-electron chi connectivity index (χ2n) is 6.40. The van der Waals surface area contributed by atoms with E-state index in [9.17, 15) is 4.79 Å². The second-order valence-corrected chi connectivity index (χ2v) is 6.40. The fourth-order valence-electron chi connectivity index (χ4n) is 3.98. The molecule has 0 aromatic heterocycles. The molecule has 2 saturated heterocycles. The van der Waals surface area contributed by atoms with E-state index < -0.39 is 0 Å². The third-order valence-corrected chi connectivity index (χ3v) is 5.20. The minimum absolute atomic E-state index is 0.0655. The number of nitrogens with one attached hydrogen (secondary N) is 1. The number of piperidine rings is 1. The SMILES string of the molecule is CN1C2CCC1CC(NC(=O)C1=NN=C3CC=CC=C31)C2. The molecule has 4 aliphatic rings. The predicted octanol–water partition coefficient (Wildman–Crippen LogP) is 1.42. The van der Waals surface area contributed by atoms with Gasteiger partial charge in [-0.15, -0.1) is 5.10 Å². The molecule has 3 aliphatic heterocycles. The van der Waals surface area contributed by atoms with Crippen molar-refractivity contribution >= 4 is 17.3 Å². The van der Waals surface area contributed by atoms with Crippen LogP contribution in [0.3, 0.4) is 0 Å². The fourth-order valence-corrected chi connectivity index (χ4v) is 3.98. The van der Waals surface area contributed by atoms with E-state index in [4.69, 9.17) is 0 Å². The third-order valence-electron chi connectivity index (χ3n) is 5.20. The number of carbonyl (C=O) groups excluding carboxylic acids is 1. The highest BCUT2D eigenvalue weighted by atomic mass is 16.2. The standard InChI is InChI=1S/C16H20N4O/c1-20-11-6-7-12(20)9-10(8-11)17-16(21)15-13-4-2-3-5-14(13)18-19-15/h2-4,10-12H,5-9H2,1H3,(H,17,21). The molecule has 5 nitrogen and oxygen atoms in total. The molecule has 2 fully saturated rings. The van der Waals surface area contributed by atoms with Crippen LogP contribution in [0.4, 0.5) is 0 Å². The van der Waals surface area contributed by atoms with Crippen LogP contribution in [0.1, 0.15) is 32.1 Å². The summed E-state index contributed by atoms with van der Waals surface area (Å²) in [4.78, 5) is 15.0. The molecule has 0 aromatic carbocycles. The second kappa shape index (κ2) is 4.91. The number of amides is 1. The van der Waals surface area contributed by atoms with Crippen molar-refractivity contribution in [3.8, 4) is 0 Å². The molecule has 0 saturated carbocycles. The molecule has 1 amide bonds. The van der Waals surface area contributed by atoms with E-state index in [1.54, 1.807) is 0 Å². The summed E-state index contributed by atoms with van der Waals surface area (Å²) in [6.45, 7) is 0. The van der Waals surface area contributed by atoms with Crippen LogP contribution >= 0.6 is 0 Å². The largest absolute Gasteiger partial charge is 0.348 e. The molecule has 2 atom stereocenters. The first kappa shape index (κ1) is 13.0. The van der Waals surface area contributed by atoms with Crippen molar-refractivity contribution in [1.29, 1.82) is 0 Å². The lowest BCUT2D eigenvalue weighted by atomic mass is 9.96. The lowest BCUT2D eigenvalue weighted by Gasteiger charge is -2.36. The Bertz CT molecular complexity index is 587. The number of nitrogens with zero attached hydrogens (tertiary/aromatic N) is 3. The molecule has 0 spiro atoms. The third kappa shape index (κ3) is 2.16. The molecule has 4 rings (SSSR count). The van der Waals surface area contributed by atoms with Crippen molar-refractivity contribution in [1.82, 2.24) is 10.2 Å². The summed E-state index contributed by atoms with van der Waals surface area (Å²) in [5.41, 5.74) is 2.29. The molecule has 3 heterocycles. The Hall–Kier alpha value is -1.75. The Morgan fingerprint density at radius 2 is 2.05 bits per heavy atom. The first-order valence-electron chi connectivity index (χ1n) is 7.77. The van der Waals surface area contributed by atoms with Gasteiger partial charge in [-0.3, -0.25) is 4.79 Å². The quantitative estimate of drug-likeness (QED) is 0.834. The van der Waals surface area contributed by atoms with Crippen molar-refractivity contribution in [2.45, 2.75) is 50.2 Å².